The Balaban J connectivity index is 0.00000240. The zero-order valence-corrected chi connectivity index (χ0v) is 18.7. The topological polar surface area (TPSA) is 40.2 Å². The van der Waals surface area contributed by atoms with Crippen molar-refractivity contribution < 1.29 is 26.7 Å². The molecule has 0 amide bonds. The molecule has 0 aliphatic carbocycles. The highest BCUT2D eigenvalue weighted by Gasteiger charge is 2.51. The van der Waals surface area contributed by atoms with Crippen molar-refractivity contribution in [3.63, 3.8) is 0 Å². The number of fused-ring (bicyclic) bond motifs is 2. The summed E-state index contributed by atoms with van der Waals surface area (Å²) in [5, 5.41) is 14.2. The third kappa shape index (κ3) is 4.31. The number of nitrogens with zero attached hydrogens (tertiary/aromatic N) is 3. The first-order valence-electron chi connectivity index (χ1n) is 10.6. The number of aromatic nitrogens is 2. The number of unbranched alkanes of at least 4 members (excludes halogenated alkanes) is 5. The molecule has 1 unspecified atom stereocenters. The maximum absolute atomic E-state index is 11.9. The largest absolute Gasteiger partial charge is 1.00 e. The van der Waals surface area contributed by atoms with E-state index in [2.05, 4.69) is 45.6 Å². The van der Waals surface area contributed by atoms with Gasteiger partial charge in [-0.25, -0.2) is 9.47 Å². The molecule has 0 saturated heterocycles. The predicted molar refractivity (Wildman–Crippen MR) is 113 cm³/mol. The average Bonchev–Trinajstić information content (AvgIpc) is 3.02. The fourth-order valence-corrected chi connectivity index (χ4v) is 4.37. The number of benzene rings is 2. The Hall–Kier alpha value is -1.98. The van der Waals surface area contributed by atoms with E-state index in [1.54, 1.807) is 0 Å². The van der Waals surface area contributed by atoms with Crippen molar-refractivity contribution in [3.05, 3.63) is 66.5 Å². The van der Waals surface area contributed by atoms with E-state index in [-0.39, 0.29) is 17.0 Å². The zero-order chi connectivity index (χ0) is 19.4. The number of halogens is 1. The molecule has 1 N–H and O–H groups in total. The standard InChI is InChI=1S/C24H30N3O.BrH/c1-2-3-4-5-6-9-18-27-23-25-16-11-17-26(23)19-24(27,28)22-15-10-13-20-12-7-8-14-21(20)22;/h7-8,10-17,28H,2-6,9,18-19H2,1H3;1H/q+1;/p-1. The first-order valence-corrected chi connectivity index (χ1v) is 10.6. The lowest BCUT2D eigenvalue weighted by atomic mass is 9.95. The first-order chi connectivity index (χ1) is 13.7. The molecule has 154 valence electrons. The molecule has 1 aliphatic rings. The van der Waals surface area contributed by atoms with Crippen LogP contribution in [0.2, 0.25) is 0 Å². The SMILES string of the molecule is CCCCCCCCN1c2nccc[n+]2CC1(O)c1cccc2ccccc12.[Br-]. The number of anilines is 1. The van der Waals surface area contributed by atoms with Gasteiger partial charge in [-0.3, -0.25) is 0 Å². The van der Waals surface area contributed by atoms with E-state index in [4.69, 9.17) is 0 Å². The van der Waals surface area contributed by atoms with Crippen molar-refractivity contribution >= 4 is 16.7 Å². The van der Waals surface area contributed by atoms with Gasteiger partial charge in [0.15, 0.2) is 0 Å². The van der Waals surface area contributed by atoms with Crippen LogP contribution in [0.3, 0.4) is 0 Å². The van der Waals surface area contributed by atoms with Crippen molar-refractivity contribution in [2.75, 3.05) is 11.4 Å². The van der Waals surface area contributed by atoms with E-state index in [9.17, 15) is 5.11 Å². The molecule has 5 heteroatoms. The molecule has 4 nitrogen and oxygen atoms in total. The first kappa shape index (κ1) is 21.7. The predicted octanol–water partition coefficient (Wildman–Crippen LogP) is 1.55. The van der Waals surface area contributed by atoms with Gasteiger partial charge in [0.05, 0.1) is 12.7 Å². The molecule has 1 aromatic heterocycles. The quantitative estimate of drug-likeness (QED) is 0.413. The highest BCUT2D eigenvalue weighted by molar-refractivity contribution is 5.86. The van der Waals surface area contributed by atoms with Gasteiger partial charge in [0.1, 0.15) is 12.7 Å². The van der Waals surface area contributed by atoms with E-state index in [0.29, 0.717) is 6.54 Å². The minimum Gasteiger partial charge on any atom is -1.00 e. The van der Waals surface area contributed by atoms with Gasteiger partial charge in [-0.05, 0) is 17.2 Å². The zero-order valence-electron chi connectivity index (χ0n) is 17.1. The number of rotatable bonds is 8. The lowest BCUT2D eigenvalue weighted by molar-refractivity contribution is -0.685. The summed E-state index contributed by atoms with van der Waals surface area (Å²) in [6, 6.07) is 16.4. The van der Waals surface area contributed by atoms with Crippen molar-refractivity contribution in [2.24, 2.45) is 0 Å². The molecule has 0 spiro atoms. The fourth-order valence-electron chi connectivity index (χ4n) is 4.37. The third-order valence-electron chi connectivity index (χ3n) is 5.83. The molecule has 1 atom stereocenters. The molecule has 0 bridgehead atoms. The van der Waals surface area contributed by atoms with Crippen LogP contribution in [0.5, 0.6) is 0 Å². The summed E-state index contributed by atoms with van der Waals surface area (Å²) < 4.78 is 2.07. The summed E-state index contributed by atoms with van der Waals surface area (Å²) >= 11 is 0. The molecular weight excluding hydrogens is 426 g/mol. The molecule has 2 aromatic carbocycles. The van der Waals surface area contributed by atoms with Crippen molar-refractivity contribution in [1.82, 2.24) is 4.98 Å². The summed E-state index contributed by atoms with van der Waals surface area (Å²) in [6.45, 7) is 3.55. The summed E-state index contributed by atoms with van der Waals surface area (Å²) in [5.74, 6) is 0.853. The van der Waals surface area contributed by atoms with Gasteiger partial charge in [-0.2, -0.15) is 0 Å². The van der Waals surface area contributed by atoms with Gasteiger partial charge in [0.25, 0.3) is 0 Å². The maximum atomic E-state index is 11.9. The van der Waals surface area contributed by atoms with Crippen molar-refractivity contribution in [2.45, 2.75) is 57.7 Å². The fraction of sp³-hybridized carbons (Fsp3) is 0.417. The normalized spacial score (nSPS) is 17.9. The van der Waals surface area contributed by atoms with Gasteiger partial charge in [0, 0.05) is 11.6 Å². The lowest BCUT2D eigenvalue weighted by Crippen LogP contribution is -3.00. The molecular formula is C24H30BrN3O. The second kappa shape index (κ2) is 9.68. The van der Waals surface area contributed by atoms with Crippen LogP contribution >= 0.6 is 0 Å². The van der Waals surface area contributed by atoms with Crippen LogP contribution in [0.1, 0.15) is 51.0 Å². The second-order valence-electron chi connectivity index (χ2n) is 7.81. The lowest BCUT2D eigenvalue weighted by Gasteiger charge is -2.29. The Morgan fingerprint density at radius 1 is 1.00 bits per heavy atom. The summed E-state index contributed by atoms with van der Waals surface area (Å²) in [4.78, 5) is 6.70. The molecule has 4 rings (SSSR count). The van der Waals surface area contributed by atoms with E-state index in [0.717, 1.165) is 35.2 Å². The number of aliphatic hydroxyl groups is 1. The maximum Gasteiger partial charge on any atom is 0.396 e. The Bertz CT molecular complexity index is 943. The van der Waals surface area contributed by atoms with Crippen LogP contribution in [0.4, 0.5) is 5.95 Å². The highest BCUT2D eigenvalue weighted by Crippen LogP contribution is 2.37. The molecule has 0 radical (unpaired) electrons. The molecule has 29 heavy (non-hydrogen) atoms. The molecule has 0 fully saturated rings. The van der Waals surface area contributed by atoms with Gasteiger partial charge in [-0.15, -0.1) is 0 Å². The van der Waals surface area contributed by atoms with Crippen LogP contribution in [0.25, 0.3) is 10.8 Å². The Morgan fingerprint density at radius 3 is 2.62 bits per heavy atom. The summed E-state index contributed by atoms with van der Waals surface area (Å²) in [5.41, 5.74) is -0.117. The Kier molecular flexibility index (Phi) is 7.25. The van der Waals surface area contributed by atoms with E-state index < -0.39 is 5.72 Å². The van der Waals surface area contributed by atoms with Crippen LogP contribution in [0, 0.1) is 0 Å². The van der Waals surface area contributed by atoms with Gasteiger partial charge < -0.3 is 22.1 Å². The molecule has 1 aliphatic heterocycles. The van der Waals surface area contributed by atoms with E-state index in [1.165, 1.54) is 32.1 Å². The monoisotopic (exact) mass is 455 g/mol. The second-order valence-corrected chi connectivity index (χ2v) is 7.81. The Labute approximate surface area is 184 Å². The van der Waals surface area contributed by atoms with Crippen LogP contribution in [-0.2, 0) is 12.3 Å². The van der Waals surface area contributed by atoms with Crippen LogP contribution in [-0.4, -0.2) is 16.6 Å². The van der Waals surface area contributed by atoms with E-state index in [1.807, 2.05) is 36.7 Å². The smallest absolute Gasteiger partial charge is 0.396 e. The highest BCUT2D eigenvalue weighted by atomic mass is 79.9. The minimum absolute atomic E-state index is 0. The van der Waals surface area contributed by atoms with Crippen molar-refractivity contribution in [1.29, 1.82) is 0 Å². The van der Waals surface area contributed by atoms with Crippen molar-refractivity contribution in [3.8, 4) is 0 Å². The van der Waals surface area contributed by atoms with Gasteiger partial charge in [-0.1, -0.05) is 86.5 Å². The molecule has 3 aromatic rings. The molecule has 2 heterocycles. The summed E-state index contributed by atoms with van der Waals surface area (Å²) in [6.07, 6.45) is 11.2. The minimum atomic E-state index is -1.08. The van der Waals surface area contributed by atoms with Crippen LogP contribution < -0.4 is 26.4 Å². The van der Waals surface area contributed by atoms with Crippen LogP contribution in [0.15, 0.2) is 60.9 Å². The average molecular weight is 456 g/mol. The van der Waals surface area contributed by atoms with Gasteiger partial charge >= 0.3 is 5.95 Å². The Morgan fingerprint density at radius 2 is 1.76 bits per heavy atom. The van der Waals surface area contributed by atoms with E-state index >= 15 is 0 Å². The summed E-state index contributed by atoms with van der Waals surface area (Å²) in [7, 11) is 0. The number of hydrogen-bond donors (Lipinski definition) is 1. The van der Waals surface area contributed by atoms with Gasteiger partial charge in [0.2, 0.25) is 5.72 Å². The number of hydrogen-bond acceptors (Lipinski definition) is 3. The molecule has 0 saturated carbocycles. The third-order valence-corrected chi connectivity index (χ3v) is 5.83.